The number of halogens is 1. The maximum atomic E-state index is 13.6. The molecule has 0 saturated carbocycles. The van der Waals surface area contributed by atoms with Crippen LogP contribution in [0.1, 0.15) is 28.8 Å². The summed E-state index contributed by atoms with van der Waals surface area (Å²) in [6.07, 6.45) is 1.47. The lowest BCUT2D eigenvalue weighted by Crippen LogP contribution is -2.40. The van der Waals surface area contributed by atoms with E-state index < -0.39 is 33.2 Å². The van der Waals surface area contributed by atoms with Crippen molar-refractivity contribution in [3.63, 3.8) is 0 Å². The van der Waals surface area contributed by atoms with Crippen molar-refractivity contribution >= 4 is 21.9 Å². The van der Waals surface area contributed by atoms with Crippen LogP contribution in [0, 0.1) is 11.2 Å². The Morgan fingerprint density at radius 1 is 1.06 bits per heavy atom. The first-order valence-corrected chi connectivity index (χ1v) is 12.6. The van der Waals surface area contributed by atoms with E-state index >= 15 is 0 Å². The van der Waals surface area contributed by atoms with Gasteiger partial charge < -0.3 is 14.2 Å². The first-order valence-electron chi connectivity index (χ1n) is 10.8. The average molecular weight is 510 g/mol. The Morgan fingerprint density at radius 2 is 1.66 bits per heavy atom. The van der Waals surface area contributed by atoms with Crippen LogP contribution < -0.4 is 14.2 Å². The van der Waals surface area contributed by atoms with Crippen LogP contribution in [0.4, 0.5) is 4.39 Å². The van der Waals surface area contributed by atoms with Gasteiger partial charge in [0.2, 0.25) is 11.7 Å². The summed E-state index contributed by atoms with van der Waals surface area (Å²) in [4.78, 5) is 28.2. The van der Waals surface area contributed by atoms with Gasteiger partial charge in [0.05, 0.1) is 39.6 Å². The van der Waals surface area contributed by atoms with E-state index in [9.17, 15) is 22.4 Å². The monoisotopic (exact) mass is 509 g/mol. The second kappa shape index (κ2) is 10.6. The van der Waals surface area contributed by atoms with Crippen LogP contribution in [0.2, 0.25) is 0 Å². The molecule has 1 fully saturated rings. The van der Waals surface area contributed by atoms with Crippen LogP contribution in [0.15, 0.2) is 36.4 Å². The fraction of sp³-hybridized carbons (Fsp3) is 0.417. The van der Waals surface area contributed by atoms with E-state index in [1.54, 1.807) is 12.1 Å². The van der Waals surface area contributed by atoms with Crippen LogP contribution >= 0.6 is 0 Å². The smallest absolute Gasteiger partial charge is 0.264 e. The van der Waals surface area contributed by atoms with Crippen molar-refractivity contribution in [2.24, 2.45) is 5.41 Å². The fourth-order valence-electron chi connectivity index (χ4n) is 4.24. The molecule has 1 heterocycles. The molecule has 0 aromatic heterocycles. The molecule has 35 heavy (non-hydrogen) atoms. The molecular formula is C24H28FNO8S. The molecule has 9 nitrogen and oxygen atoms in total. The summed E-state index contributed by atoms with van der Waals surface area (Å²) in [6, 6.07) is 8.62. The number of likely N-dealkylation sites (tertiary alicyclic amines) is 1. The zero-order valence-corrected chi connectivity index (χ0v) is 20.8. The highest BCUT2D eigenvalue weighted by molar-refractivity contribution is 7.85. The predicted octanol–water partition coefficient (Wildman–Crippen LogP) is 2.82. The van der Waals surface area contributed by atoms with E-state index in [-0.39, 0.29) is 49.5 Å². The molecule has 1 saturated heterocycles. The molecule has 2 aromatic carbocycles. The highest BCUT2D eigenvalue weighted by atomic mass is 32.2. The van der Waals surface area contributed by atoms with Crippen molar-refractivity contribution < 1.29 is 40.8 Å². The van der Waals surface area contributed by atoms with Crippen LogP contribution in [0.5, 0.6) is 17.2 Å². The summed E-state index contributed by atoms with van der Waals surface area (Å²) in [5.41, 5.74) is -0.252. The maximum absolute atomic E-state index is 13.6. The summed E-state index contributed by atoms with van der Waals surface area (Å²) < 4.78 is 57.1. The van der Waals surface area contributed by atoms with Gasteiger partial charge in [0.15, 0.2) is 11.5 Å². The van der Waals surface area contributed by atoms with E-state index in [0.717, 1.165) is 11.2 Å². The summed E-state index contributed by atoms with van der Waals surface area (Å²) in [5.74, 6) is -0.595. The molecule has 0 bridgehead atoms. The molecule has 0 radical (unpaired) electrons. The number of methoxy groups -OCH3 is 3. The van der Waals surface area contributed by atoms with Crippen LogP contribution in [-0.4, -0.2) is 65.9 Å². The Kier molecular flexibility index (Phi) is 8.01. The lowest BCUT2D eigenvalue weighted by Gasteiger charge is -2.27. The number of benzene rings is 2. The minimum Gasteiger partial charge on any atom is -0.493 e. The van der Waals surface area contributed by atoms with Crippen molar-refractivity contribution in [2.75, 3.05) is 40.7 Å². The standard InChI is InChI=1S/C24H28FNO8S/c1-31-19-13-17(14-20(32-2)21(19)33-3)22(27)26-11-9-24(23(26)28,10-12-34-35(4,29)30)15-16-5-7-18(25)8-6-16/h5-8,13-14H,9-12,15H2,1-4H3. The van der Waals surface area contributed by atoms with E-state index in [1.807, 2.05) is 0 Å². The van der Waals surface area contributed by atoms with Gasteiger partial charge in [0.1, 0.15) is 5.82 Å². The van der Waals surface area contributed by atoms with Gasteiger partial charge in [-0.1, -0.05) is 12.1 Å². The first-order chi connectivity index (χ1) is 16.5. The third-order valence-electron chi connectivity index (χ3n) is 6.00. The first kappa shape index (κ1) is 26.4. The number of hydrogen-bond donors (Lipinski definition) is 0. The predicted molar refractivity (Wildman–Crippen MR) is 125 cm³/mol. The number of hydrogen-bond acceptors (Lipinski definition) is 8. The van der Waals surface area contributed by atoms with Gasteiger partial charge in [-0.05, 0) is 49.1 Å². The Hall–Kier alpha value is -3.18. The summed E-state index contributed by atoms with van der Waals surface area (Å²) >= 11 is 0. The van der Waals surface area contributed by atoms with Crippen molar-refractivity contribution in [3.8, 4) is 17.2 Å². The molecule has 11 heteroatoms. The van der Waals surface area contributed by atoms with Gasteiger partial charge in [-0.25, -0.2) is 4.39 Å². The number of carbonyl (C=O) groups excluding carboxylic acids is 2. The molecule has 190 valence electrons. The van der Waals surface area contributed by atoms with E-state index in [2.05, 4.69) is 0 Å². The molecule has 1 unspecified atom stereocenters. The highest BCUT2D eigenvalue weighted by Crippen LogP contribution is 2.42. The van der Waals surface area contributed by atoms with Crippen molar-refractivity contribution in [1.82, 2.24) is 4.90 Å². The molecule has 0 spiro atoms. The van der Waals surface area contributed by atoms with E-state index in [1.165, 1.54) is 45.6 Å². The molecule has 1 atom stereocenters. The Bertz CT molecular complexity index is 1170. The van der Waals surface area contributed by atoms with Crippen LogP contribution in [-0.2, 0) is 25.5 Å². The van der Waals surface area contributed by atoms with Gasteiger partial charge >= 0.3 is 0 Å². The van der Waals surface area contributed by atoms with Gasteiger partial charge in [-0.2, -0.15) is 8.42 Å². The summed E-state index contributed by atoms with van der Waals surface area (Å²) in [5, 5.41) is 0. The minimum atomic E-state index is -3.71. The van der Waals surface area contributed by atoms with Gasteiger partial charge in [-0.3, -0.25) is 18.7 Å². The molecular weight excluding hydrogens is 481 g/mol. The molecule has 1 aliphatic rings. The second-order valence-corrected chi connectivity index (χ2v) is 9.93. The lowest BCUT2D eigenvalue weighted by molar-refractivity contribution is -0.134. The van der Waals surface area contributed by atoms with Crippen LogP contribution in [0.25, 0.3) is 0 Å². The normalized spacial score (nSPS) is 18.0. The van der Waals surface area contributed by atoms with E-state index in [0.29, 0.717) is 11.3 Å². The second-order valence-electron chi connectivity index (χ2n) is 8.29. The average Bonchev–Trinajstić information content (AvgIpc) is 3.13. The number of rotatable bonds is 10. The highest BCUT2D eigenvalue weighted by Gasteiger charge is 2.48. The third kappa shape index (κ3) is 5.91. The van der Waals surface area contributed by atoms with Gasteiger partial charge in [0, 0.05) is 12.1 Å². The molecule has 0 N–H and O–H groups in total. The van der Waals surface area contributed by atoms with E-state index in [4.69, 9.17) is 18.4 Å². The maximum Gasteiger partial charge on any atom is 0.264 e. The Balaban J connectivity index is 1.92. The van der Waals surface area contributed by atoms with Crippen molar-refractivity contribution in [3.05, 3.63) is 53.3 Å². The largest absolute Gasteiger partial charge is 0.493 e. The van der Waals surface area contributed by atoms with Gasteiger partial charge in [-0.15, -0.1) is 0 Å². The molecule has 3 rings (SSSR count). The molecule has 2 aromatic rings. The molecule has 2 amide bonds. The van der Waals surface area contributed by atoms with Crippen molar-refractivity contribution in [2.45, 2.75) is 19.3 Å². The summed E-state index contributed by atoms with van der Waals surface area (Å²) in [6.45, 7) is -0.105. The molecule has 0 aliphatic carbocycles. The Morgan fingerprint density at radius 3 is 2.17 bits per heavy atom. The quantitative estimate of drug-likeness (QED) is 0.355. The Labute approximate surface area is 203 Å². The summed E-state index contributed by atoms with van der Waals surface area (Å²) in [7, 11) is 0.562. The third-order valence-corrected chi connectivity index (χ3v) is 6.60. The zero-order valence-electron chi connectivity index (χ0n) is 20.0. The molecule has 1 aliphatic heterocycles. The SMILES string of the molecule is COc1cc(C(=O)N2CCC(CCOS(C)(=O)=O)(Cc3ccc(F)cc3)C2=O)cc(OC)c1OC. The zero-order chi connectivity index (χ0) is 25.8. The number of nitrogens with zero attached hydrogens (tertiary/aromatic N) is 1. The minimum absolute atomic E-state index is 0.0648. The number of amides is 2. The van der Waals surface area contributed by atoms with Crippen molar-refractivity contribution in [1.29, 1.82) is 0 Å². The number of carbonyl (C=O) groups is 2. The number of imide groups is 1. The topological polar surface area (TPSA) is 108 Å². The number of ether oxygens (including phenoxy) is 3. The van der Waals surface area contributed by atoms with Crippen LogP contribution in [0.3, 0.4) is 0 Å². The fourth-order valence-corrected chi connectivity index (χ4v) is 4.63. The van der Waals surface area contributed by atoms with Gasteiger partial charge in [0.25, 0.3) is 16.0 Å². The lowest BCUT2D eigenvalue weighted by atomic mass is 9.77.